The van der Waals surface area contributed by atoms with Crippen LogP contribution in [-0.4, -0.2) is 15.5 Å². The van der Waals surface area contributed by atoms with Crippen LogP contribution in [0, 0.1) is 6.92 Å². The SMILES string of the molecule is Cc1cccc(N(C)S(=O)(=O)c2cccc(C(C)N)c2)c1. The lowest BCUT2D eigenvalue weighted by molar-refractivity contribution is 0.594. The van der Waals surface area contributed by atoms with Crippen LogP contribution < -0.4 is 10.0 Å². The number of hydrogen-bond acceptors (Lipinski definition) is 3. The summed E-state index contributed by atoms with van der Waals surface area (Å²) >= 11 is 0. The van der Waals surface area contributed by atoms with Crippen molar-refractivity contribution in [1.29, 1.82) is 0 Å². The largest absolute Gasteiger partial charge is 0.324 e. The summed E-state index contributed by atoms with van der Waals surface area (Å²) < 4.78 is 26.7. The molecule has 0 heterocycles. The van der Waals surface area contributed by atoms with Crippen LogP contribution >= 0.6 is 0 Å². The van der Waals surface area contributed by atoms with Gasteiger partial charge in [-0.3, -0.25) is 4.31 Å². The molecule has 0 aliphatic carbocycles. The van der Waals surface area contributed by atoms with Crippen molar-refractivity contribution in [3.8, 4) is 0 Å². The summed E-state index contributed by atoms with van der Waals surface area (Å²) in [5.74, 6) is 0. The van der Waals surface area contributed by atoms with Gasteiger partial charge in [0.25, 0.3) is 10.0 Å². The number of nitrogens with zero attached hydrogens (tertiary/aromatic N) is 1. The van der Waals surface area contributed by atoms with E-state index in [1.54, 1.807) is 31.3 Å². The molecule has 2 rings (SSSR count). The summed E-state index contributed by atoms with van der Waals surface area (Å²) in [6, 6.07) is 14.0. The van der Waals surface area contributed by atoms with E-state index in [4.69, 9.17) is 5.73 Å². The van der Waals surface area contributed by atoms with Crippen LogP contribution in [0.2, 0.25) is 0 Å². The Kier molecular flexibility index (Phi) is 4.34. The Labute approximate surface area is 126 Å². The first kappa shape index (κ1) is 15.5. The number of sulfonamides is 1. The summed E-state index contributed by atoms with van der Waals surface area (Å²) in [5, 5.41) is 0. The number of benzene rings is 2. The molecule has 0 aliphatic heterocycles. The van der Waals surface area contributed by atoms with Gasteiger partial charge in [0.1, 0.15) is 0 Å². The van der Waals surface area contributed by atoms with Gasteiger partial charge in [-0.1, -0.05) is 24.3 Å². The second kappa shape index (κ2) is 5.87. The fraction of sp³-hybridized carbons (Fsp3) is 0.250. The Morgan fingerprint density at radius 1 is 1.10 bits per heavy atom. The van der Waals surface area contributed by atoms with Gasteiger partial charge in [-0.25, -0.2) is 8.42 Å². The van der Waals surface area contributed by atoms with Gasteiger partial charge in [0.15, 0.2) is 0 Å². The van der Waals surface area contributed by atoms with Crippen molar-refractivity contribution in [3.05, 3.63) is 59.7 Å². The average molecular weight is 304 g/mol. The van der Waals surface area contributed by atoms with Crippen molar-refractivity contribution in [2.24, 2.45) is 5.73 Å². The fourth-order valence-electron chi connectivity index (χ4n) is 2.08. The normalized spacial score (nSPS) is 13.0. The van der Waals surface area contributed by atoms with E-state index < -0.39 is 10.0 Å². The second-order valence-corrected chi connectivity index (χ2v) is 7.14. The standard InChI is InChI=1S/C16H20N2O2S/c1-12-6-4-8-15(10-12)18(3)21(19,20)16-9-5-7-14(11-16)13(2)17/h4-11,13H,17H2,1-3H3. The molecule has 5 heteroatoms. The molecular formula is C16H20N2O2S. The Balaban J connectivity index is 2.44. The summed E-state index contributed by atoms with van der Waals surface area (Å²) in [7, 11) is -2.03. The van der Waals surface area contributed by atoms with E-state index in [0.29, 0.717) is 5.69 Å². The number of rotatable bonds is 4. The predicted molar refractivity (Wildman–Crippen MR) is 85.8 cm³/mol. The molecular weight excluding hydrogens is 284 g/mol. The number of aryl methyl sites for hydroxylation is 1. The first-order chi connectivity index (χ1) is 9.82. The molecule has 0 amide bonds. The number of nitrogens with two attached hydrogens (primary N) is 1. The van der Waals surface area contributed by atoms with E-state index in [0.717, 1.165) is 11.1 Å². The monoisotopic (exact) mass is 304 g/mol. The summed E-state index contributed by atoms with van der Waals surface area (Å²) in [4.78, 5) is 0.251. The molecule has 2 N–H and O–H groups in total. The first-order valence-corrected chi connectivity index (χ1v) is 8.17. The molecule has 0 bridgehead atoms. The summed E-state index contributed by atoms with van der Waals surface area (Å²) in [6.07, 6.45) is 0. The van der Waals surface area contributed by atoms with Crippen LogP contribution in [-0.2, 0) is 10.0 Å². The van der Waals surface area contributed by atoms with E-state index in [-0.39, 0.29) is 10.9 Å². The molecule has 0 saturated heterocycles. The van der Waals surface area contributed by atoms with Gasteiger partial charge >= 0.3 is 0 Å². The van der Waals surface area contributed by atoms with Crippen molar-refractivity contribution < 1.29 is 8.42 Å². The van der Waals surface area contributed by atoms with E-state index in [2.05, 4.69) is 0 Å². The third-order valence-corrected chi connectivity index (χ3v) is 5.19. The van der Waals surface area contributed by atoms with Gasteiger partial charge in [0.2, 0.25) is 0 Å². The third kappa shape index (κ3) is 3.25. The van der Waals surface area contributed by atoms with Gasteiger partial charge in [-0.15, -0.1) is 0 Å². The topological polar surface area (TPSA) is 63.4 Å². The minimum atomic E-state index is -3.59. The molecule has 0 saturated carbocycles. The Hall–Kier alpha value is -1.85. The molecule has 1 unspecified atom stereocenters. The minimum Gasteiger partial charge on any atom is -0.324 e. The molecule has 0 spiro atoms. The van der Waals surface area contributed by atoms with E-state index >= 15 is 0 Å². The van der Waals surface area contributed by atoms with E-state index in [1.807, 2.05) is 38.1 Å². The highest BCUT2D eigenvalue weighted by Crippen LogP contribution is 2.24. The van der Waals surface area contributed by atoms with Gasteiger partial charge in [0.05, 0.1) is 10.6 Å². The Morgan fingerprint density at radius 2 is 1.76 bits per heavy atom. The van der Waals surface area contributed by atoms with Crippen LogP contribution in [0.5, 0.6) is 0 Å². The molecule has 21 heavy (non-hydrogen) atoms. The van der Waals surface area contributed by atoms with Crippen LogP contribution in [0.3, 0.4) is 0 Å². The highest BCUT2D eigenvalue weighted by atomic mass is 32.2. The van der Waals surface area contributed by atoms with Crippen molar-refractivity contribution in [1.82, 2.24) is 0 Å². The molecule has 1 atom stereocenters. The lowest BCUT2D eigenvalue weighted by Crippen LogP contribution is -2.26. The Morgan fingerprint density at radius 3 is 2.38 bits per heavy atom. The van der Waals surface area contributed by atoms with Crippen LogP contribution in [0.15, 0.2) is 53.4 Å². The number of anilines is 1. The van der Waals surface area contributed by atoms with Crippen molar-refractivity contribution in [3.63, 3.8) is 0 Å². The Bertz CT molecular complexity index is 739. The van der Waals surface area contributed by atoms with E-state index in [9.17, 15) is 8.42 Å². The van der Waals surface area contributed by atoms with Crippen molar-refractivity contribution in [2.75, 3.05) is 11.4 Å². The van der Waals surface area contributed by atoms with Crippen molar-refractivity contribution >= 4 is 15.7 Å². The van der Waals surface area contributed by atoms with E-state index in [1.165, 1.54) is 4.31 Å². The lowest BCUT2D eigenvalue weighted by Gasteiger charge is -2.20. The number of hydrogen-bond donors (Lipinski definition) is 1. The summed E-state index contributed by atoms with van der Waals surface area (Å²) in [6.45, 7) is 3.76. The maximum absolute atomic E-state index is 12.7. The zero-order valence-electron chi connectivity index (χ0n) is 12.4. The van der Waals surface area contributed by atoms with Crippen LogP contribution in [0.1, 0.15) is 24.1 Å². The van der Waals surface area contributed by atoms with Gasteiger partial charge < -0.3 is 5.73 Å². The molecule has 112 valence electrons. The molecule has 0 fully saturated rings. The quantitative estimate of drug-likeness (QED) is 0.944. The smallest absolute Gasteiger partial charge is 0.264 e. The van der Waals surface area contributed by atoms with Gasteiger partial charge in [-0.05, 0) is 49.2 Å². The van der Waals surface area contributed by atoms with Gasteiger partial charge in [0, 0.05) is 13.1 Å². The maximum Gasteiger partial charge on any atom is 0.264 e. The predicted octanol–water partition coefficient (Wildman–Crippen LogP) is 2.84. The second-order valence-electron chi connectivity index (χ2n) is 5.17. The molecule has 0 radical (unpaired) electrons. The summed E-state index contributed by atoms with van der Waals surface area (Å²) in [5.41, 5.74) is 8.28. The zero-order chi connectivity index (χ0) is 15.6. The van der Waals surface area contributed by atoms with Gasteiger partial charge in [-0.2, -0.15) is 0 Å². The molecule has 2 aromatic carbocycles. The van der Waals surface area contributed by atoms with Crippen molar-refractivity contribution in [2.45, 2.75) is 24.8 Å². The zero-order valence-corrected chi connectivity index (χ0v) is 13.3. The van der Waals surface area contributed by atoms with Crippen LogP contribution in [0.4, 0.5) is 5.69 Å². The average Bonchev–Trinajstić information content (AvgIpc) is 2.46. The van der Waals surface area contributed by atoms with Crippen LogP contribution in [0.25, 0.3) is 0 Å². The highest BCUT2D eigenvalue weighted by Gasteiger charge is 2.21. The lowest BCUT2D eigenvalue weighted by atomic mass is 10.1. The molecule has 0 aliphatic rings. The fourth-order valence-corrected chi connectivity index (χ4v) is 3.32. The maximum atomic E-state index is 12.7. The molecule has 0 aromatic heterocycles. The first-order valence-electron chi connectivity index (χ1n) is 6.73. The highest BCUT2D eigenvalue weighted by molar-refractivity contribution is 7.92. The third-order valence-electron chi connectivity index (χ3n) is 3.41. The molecule has 4 nitrogen and oxygen atoms in total. The molecule has 2 aromatic rings. The minimum absolute atomic E-state index is 0.204.